The lowest BCUT2D eigenvalue weighted by atomic mass is 10.3. The highest BCUT2D eigenvalue weighted by molar-refractivity contribution is 5.57. The molecular weight excluding hydrogens is 190 g/mol. The van der Waals surface area contributed by atoms with Crippen molar-refractivity contribution in [3.8, 4) is 5.82 Å². The van der Waals surface area contributed by atoms with Gasteiger partial charge in [-0.15, -0.1) is 0 Å². The summed E-state index contributed by atoms with van der Waals surface area (Å²) in [4.78, 5) is 0. The molecule has 2 rings (SSSR count). The summed E-state index contributed by atoms with van der Waals surface area (Å²) in [7, 11) is 0. The van der Waals surface area contributed by atoms with Crippen molar-refractivity contribution in [2.45, 2.75) is 26.8 Å². The lowest BCUT2D eigenvalue weighted by Gasteiger charge is -2.10. The van der Waals surface area contributed by atoms with E-state index in [9.17, 15) is 0 Å². The van der Waals surface area contributed by atoms with Crippen LogP contribution >= 0.6 is 0 Å². The monoisotopic (exact) mass is 205 g/mol. The summed E-state index contributed by atoms with van der Waals surface area (Å²) in [5.74, 6) is 0.840. The fourth-order valence-corrected chi connectivity index (χ4v) is 1.53. The molecule has 0 radical (unpaired) electrons. The molecule has 0 aliphatic heterocycles. The number of nitrogens with two attached hydrogens (primary N) is 1. The number of hydrogen-bond acceptors (Lipinski definition) is 3. The summed E-state index contributed by atoms with van der Waals surface area (Å²) in [6.45, 7) is 6.04. The van der Waals surface area contributed by atoms with Crippen molar-refractivity contribution in [1.82, 2.24) is 19.6 Å². The highest BCUT2D eigenvalue weighted by Gasteiger charge is 2.16. The molecule has 0 bridgehead atoms. The maximum Gasteiger partial charge on any atom is 0.175 e. The third-order valence-electron chi connectivity index (χ3n) is 2.32. The molecule has 0 aliphatic rings. The standard InChI is InChI=1S/C10H15N5/c1-7(2)15-10(9(11)8(3)13-15)14-6-4-5-12-14/h4-7H,11H2,1-3H3. The van der Waals surface area contributed by atoms with Crippen LogP contribution in [0, 0.1) is 6.92 Å². The zero-order valence-electron chi connectivity index (χ0n) is 9.18. The van der Waals surface area contributed by atoms with E-state index in [1.54, 1.807) is 10.9 Å². The first-order valence-corrected chi connectivity index (χ1v) is 4.96. The zero-order valence-corrected chi connectivity index (χ0v) is 9.18. The van der Waals surface area contributed by atoms with Gasteiger partial charge in [0.15, 0.2) is 5.82 Å². The number of rotatable bonds is 2. The lowest BCUT2D eigenvalue weighted by molar-refractivity contribution is 0.512. The molecule has 5 nitrogen and oxygen atoms in total. The van der Waals surface area contributed by atoms with Crippen LogP contribution in [-0.2, 0) is 0 Å². The van der Waals surface area contributed by atoms with Gasteiger partial charge in [0.1, 0.15) is 0 Å². The molecule has 5 heteroatoms. The maximum absolute atomic E-state index is 5.99. The Labute approximate surface area is 88.5 Å². The average Bonchev–Trinajstić information content (AvgIpc) is 2.76. The number of hydrogen-bond donors (Lipinski definition) is 1. The van der Waals surface area contributed by atoms with Gasteiger partial charge in [-0.25, -0.2) is 9.36 Å². The topological polar surface area (TPSA) is 61.7 Å². The molecule has 0 aliphatic carbocycles. The SMILES string of the molecule is Cc1nn(C(C)C)c(-n2cccn2)c1N. The Hall–Kier alpha value is -1.78. The Morgan fingerprint density at radius 3 is 2.67 bits per heavy atom. The second kappa shape index (κ2) is 3.42. The van der Waals surface area contributed by atoms with Crippen molar-refractivity contribution in [2.24, 2.45) is 0 Å². The zero-order chi connectivity index (χ0) is 11.0. The van der Waals surface area contributed by atoms with E-state index in [1.807, 2.05) is 23.9 Å². The first-order valence-electron chi connectivity index (χ1n) is 4.96. The molecule has 2 heterocycles. The molecule has 15 heavy (non-hydrogen) atoms. The molecule has 0 aromatic carbocycles. The highest BCUT2D eigenvalue weighted by atomic mass is 15.4. The van der Waals surface area contributed by atoms with Gasteiger partial charge >= 0.3 is 0 Å². The van der Waals surface area contributed by atoms with Gasteiger partial charge in [0, 0.05) is 18.4 Å². The first kappa shape index (κ1) is 9.76. The predicted octanol–water partition coefficient (Wildman–Crippen LogP) is 1.54. The third-order valence-corrected chi connectivity index (χ3v) is 2.32. The van der Waals surface area contributed by atoms with Gasteiger partial charge in [-0.3, -0.25) is 0 Å². The maximum atomic E-state index is 5.99. The molecular formula is C10H15N5. The summed E-state index contributed by atoms with van der Waals surface area (Å²) < 4.78 is 3.63. The minimum Gasteiger partial charge on any atom is -0.394 e. The highest BCUT2D eigenvalue weighted by Crippen LogP contribution is 2.23. The van der Waals surface area contributed by atoms with Gasteiger partial charge in [0.25, 0.3) is 0 Å². The van der Waals surface area contributed by atoms with Crippen LogP contribution in [0.3, 0.4) is 0 Å². The summed E-state index contributed by atoms with van der Waals surface area (Å²) >= 11 is 0. The fraction of sp³-hybridized carbons (Fsp3) is 0.400. The van der Waals surface area contributed by atoms with Crippen LogP contribution in [0.1, 0.15) is 25.6 Å². The van der Waals surface area contributed by atoms with Crippen LogP contribution in [-0.4, -0.2) is 19.6 Å². The van der Waals surface area contributed by atoms with Gasteiger partial charge in [-0.05, 0) is 26.8 Å². The molecule has 2 aromatic heterocycles. The van der Waals surface area contributed by atoms with Crippen LogP contribution in [0.25, 0.3) is 5.82 Å². The minimum atomic E-state index is 0.264. The van der Waals surface area contributed by atoms with Crippen molar-refractivity contribution >= 4 is 5.69 Å². The number of aromatic nitrogens is 4. The Morgan fingerprint density at radius 1 is 1.40 bits per heavy atom. The van der Waals surface area contributed by atoms with Crippen molar-refractivity contribution < 1.29 is 0 Å². The minimum absolute atomic E-state index is 0.264. The summed E-state index contributed by atoms with van der Waals surface area (Å²) in [5.41, 5.74) is 7.52. The van der Waals surface area contributed by atoms with Crippen LogP contribution in [0.4, 0.5) is 5.69 Å². The van der Waals surface area contributed by atoms with Gasteiger partial charge < -0.3 is 5.73 Å². The summed E-state index contributed by atoms with van der Waals surface area (Å²) in [6.07, 6.45) is 3.60. The summed E-state index contributed by atoms with van der Waals surface area (Å²) in [5, 5.41) is 8.58. The van der Waals surface area contributed by atoms with Crippen molar-refractivity contribution in [1.29, 1.82) is 0 Å². The van der Waals surface area contributed by atoms with Crippen LogP contribution in [0.5, 0.6) is 0 Å². The Kier molecular flexibility index (Phi) is 2.22. The molecule has 2 N–H and O–H groups in total. The Morgan fingerprint density at radius 2 is 2.13 bits per heavy atom. The number of anilines is 1. The second-order valence-electron chi connectivity index (χ2n) is 3.81. The Balaban J connectivity index is 2.63. The van der Waals surface area contributed by atoms with E-state index < -0.39 is 0 Å². The molecule has 0 amide bonds. The molecule has 80 valence electrons. The van der Waals surface area contributed by atoms with Crippen LogP contribution < -0.4 is 5.73 Å². The van der Waals surface area contributed by atoms with Gasteiger partial charge in [0.05, 0.1) is 11.4 Å². The second-order valence-corrected chi connectivity index (χ2v) is 3.81. The van der Waals surface area contributed by atoms with E-state index in [4.69, 9.17) is 5.73 Å². The van der Waals surface area contributed by atoms with Crippen molar-refractivity contribution in [2.75, 3.05) is 5.73 Å². The van der Waals surface area contributed by atoms with Gasteiger partial charge in [-0.1, -0.05) is 0 Å². The van der Waals surface area contributed by atoms with E-state index in [0.29, 0.717) is 5.69 Å². The smallest absolute Gasteiger partial charge is 0.175 e. The largest absolute Gasteiger partial charge is 0.394 e. The van der Waals surface area contributed by atoms with E-state index >= 15 is 0 Å². The van der Waals surface area contributed by atoms with E-state index in [-0.39, 0.29) is 6.04 Å². The van der Waals surface area contributed by atoms with Crippen LogP contribution in [0.15, 0.2) is 18.5 Å². The van der Waals surface area contributed by atoms with Crippen molar-refractivity contribution in [3.05, 3.63) is 24.2 Å². The molecule has 0 atom stereocenters. The Bertz CT molecular complexity index is 452. The number of nitrogens with zero attached hydrogens (tertiary/aromatic N) is 4. The summed E-state index contributed by atoms with van der Waals surface area (Å²) in [6, 6.07) is 2.13. The van der Waals surface area contributed by atoms with E-state index in [2.05, 4.69) is 24.0 Å². The van der Waals surface area contributed by atoms with E-state index in [0.717, 1.165) is 11.5 Å². The predicted molar refractivity (Wildman–Crippen MR) is 58.9 cm³/mol. The van der Waals surface area contributed by atoms with E-state index in [1.165, 1.54) is 0 Å². The number of aryl methyl sites for hydroxylation is 1. The first-order chi connectivity index (χ1) is 7.11. The van der Waals surface area contributed by atoms with Crippen molar-refractivity contribution in [3.63, 3.8) is 0 Å². The van der Waals surface area contributed by atoms with Crippen LogP contribution in [0.2, 0.25) is 0 Å². The quantitative estimate of drug-likeness (QED) is 0.809. The molecule has 0 unspecified atom stereocenters. The van der Waals surface area contributed by atoms with Gasteiger partial charge in [-0.2, -0.15) is 10.2 Å². The number of nitrogen functional groups attached to an aromatic ring is 1. The molecule has 0 fully saturated rings. The van der Waals surface area contributed by atoms with Gasteiger partial charge in [0.2, 0.25) is 0 Å². The molecule has 0 spiro atoms. The average molecular weight is 205 g/mol. The lowest BCUT2D eigenvalue weighted by Crippen LogP contribution is -2.11. The molecule has 0 saturated carbocycles. The molecule has 0 saturated heterocycles. The third kappa shape index (κ3) is 1.49. The fourth-order valence-electron chi connectivity index (χ4n) is 1.53. The normalized spacial score (nSPS) is 11.2. The molecule has 2 aromatic rings.